The Morgan fingerprint density at radius 1 is 1.41 bits per heavy atom. The number of nitrogens with zero attached hydrogens (tertiary/aromatic N) is 1. The molecule has 0 aromatic heterocycles. The Balaban J connectivity index is 0.00000256. The molecule has 102 valence electrons. The molecule has 1 aliphatic rings. The molecule has 0 saturated carbocycles. The number of rotatable bonds is 4. The second-order valence-corrected chi connectivity index (χ2v) is 5.23. The summed E-state index contributed by atoms with van der Waals surface area (Å²) in [5.41, 5.74) is 5.93. The van der Waals surface area contributed by atoms with Crippen LogP contribution < -0.4 is 5.73 Å². The van der Waals surface area contributed by atoms with Crippen LogP contribution in [0.2, 0.25) is 0 Å². The first-order valence-corrected chi connectivity index (χ1v) is 6.64. The van der Waals surface area contributed by atoms with Crippen LogP contribution >= 0.6 is 12.4 Å². The van der Waals surface area contributed by atoms with E-state index in [1.165, 1.54) is 6.42 Å². The average Bonchev–Trinajstić information content (AvgIpc) is 2.28. The molecule has 1 fully saturated rings. The summed E-state index contributed by atoms with van der Waals surface area (Å²) < 4.78 is 0. The molecule has 4 heteroatoms. The Hall–Kier alpha value is -0.280. The highest BCUT2D eigenvalue weighted by molar-refractivity contribution is 5.85. The van der Waals surface area contributed by atoms with Crippen LogP contribution in [0.5, 0.6) is 0 Å². The van der Waals surface area contributed by atoms with Crippen LogP contribution in [-0.2, 0) is 4.79 Å². The number of piperidine rings is 1. The van der Waals surface area contributed by atoms with Gasteiger partial charge < -0.3 is 10.6 Å². The topological polar surface area (TPSA) is 46.3 Å². The third-order valence-electron chi connectivity index (χ3n) is 3.52. The first-order chi connectivity index (χ1) is 7.57. The van der Waals surface area contributed by atoms with Gasteiger partial charge in [-0.2, -0.15) is 0 Å². The van der Waals surface area contributed by atoms with E-state index in [0.717, 1.165) is 32.2 Å². The molecule has 2 unspecified atom stereocenters. The first kappa shape index (κ1) is 16.7. The monoisotopic (exact) mass is 262 g/mol. The second-order valence-electron chi connectivity index (χ2n) is 5.23. The summed E-state index contributed by atoms with van der Waals surface area (Å²) in [6, 6.07) is 0.119. The lowest BCUT2D eigenvalue weighted by Crippen LogP contribution is -2.52. The molecule has 1 rings (SSSR count). The average molecular weight is 263 g/mol. The zero-order valence-corrected chi connectivity index (χ0v) is 12.1. The normalized spacial score (nSPS) is 22.2. The Morgan fingerprint density at radius 3 is 2.59 bits per heavy atom. The third-order valence-corrected chi connectivity index (χ3v) is 3.52. The standard InChI is InChI=1S/C13H26N2O.ClH/c1-4-7-11(14)13(16)15-9-6-5-8-12(15)10(2)3;/h10-12H,4-9,14H2,1-3H3;1H. The lowest BCUT2D eigenvalue weighted by atomic mass is 9.92. The van der Waals surface area contributed by atoms with Crippen molar-refractivity contribution in [1.29, 1.82) is 0 Å². The lowest BCUT2D eigenvalue weighted by molar-refractivity contribution is -0.137. The highest BCUT2D eigenvalue weighted by Crippen LogP contribution is 2.23. The maximum atomic E-state index is 12.2. The Bertz CT molecular complexity index is 233. The molecule has 2 atom stereocenters. The van der Waals surface area contributed by atoms with Gasteiger partial charge in [-0.3, -0.25) is 4.79 Å². The Morgan fingerprint density at radius 2 is 2.06 bits per heavy atom. The SMILES string of the molecule is CCCC(N)C(=O)N1CCCCC1C(C)C.Cl. The molecule has 1 amide bonds. The number of hydrogen-bond acceptors (Lipinski definition) is 2. The van der Waals surface area contributed by atoms with E-state index in [0.29, 0.717) is 12.0 Å². The van der Waals surface area contributed by atoms with Crippen molar-refractivity contribution in [2.24, 2.45) is 11.7 Å². The molecule has 3 nitrogen and oxygen atoms in total. The van der Waals surface area contributed by atoms with Gasteiger partial charge in [0.2, 0.25) is 5.91 Å². The fraction of sp³-hybridized carbons (Fsp3) is 0.923. The van der Waals surface area contributed by atoms with Crippen molar-refractivity contribution in [3.05, 3.63) is 0 Å². The minimum atomic E-state index is -0.288. The highest BCUT2D eigenvalue weighted by Gasteiger charge is 2.30. The number of carbonyl (C=O) groups excluding carboxylic acids is 1. The van der Waals surface area contributed by atoms with Gasteiger partial charge in [-0.25, -0.2) is 0 Å². The van der Waals surface area contributed by atoms with Crippen molar-refractivity contribution in [2.45, 2.75) is 65.0 Å². The number of hydrogen-bond donors (Lipinski definition) is 1. The van der Waals surface area contributed by atoms with Gasteiger partial charge in [0.15, 0.2) is 0 Å². The number of halogens is 1. The summed E-state index contributed by atoms with van der Waals surface area (Å²) in [6.07, 6.45) is 5.30. The summed E-state index contributed by atoms with van der Waals surface area (Å²) >= 11 is 0. The molecule has 0 aromatic rings. The van der Waals surface area contributed by atoms with Crippen LogP contribution in [0.15, 0.2) is 0 Å². The molecule has 17 heavy (non-hydrogen) atoms. The summed E-state index contributed by atoms with van der Waals surface area (Å²) in [5, 5.41) is 0. The number of likely N-dealkylation sites (tertiary alicyclic amines) is 1. The van der Waals surface area contributed by atoms with Crippen LogP contribution in [0.4, 0.5) is 0 Å². The molecule has 1 saturated heterocycles. The molecule has 0 spiro atoms. The number of amides is 1. The van der Waals surface area contributed by atoms with Gasteiger partial charge in [0.25, 0.3) is 0 Å². The molecule has 1 aliphatic heterocycles. The molecule has 2 N–H and O–H groups in total. The smallest absolute Gasteiger partial charge is 0.239 e. The largest absolute Gasteiger partial charge is 0.338 e. The minimum absolute atomic E-state index is 0. The number of carbonyl (C=O) groups is 1. The van der Waals surface area contributed by atoms with Gasteiger partial charge in [-0.05, 0) is 31.6 Å². The van der Waals surface area contributed by atoms with Crippen LogP contribution in [0.3, 0.4) is 0 Å². The van der Waals surface area contributed by atoms with Gasteiger partial charge in [0, 0.05) is 12.6 Å². The van der Waals surface area contributed by atoms with Crippen molar-refractivity contribution in [2.75, 3.05) is 6.54 Å². The predicted octanol–water partition coefficient (Wildman–Crippen LogP) is 2.57. The van der Waals surface area contributed by atoms with E-state index >= 15 is 0 Å². The van der Waals surface area contributed by atoms with Crippen LogP contribution in [0, 0.1) is 5.92 Å². The van der Waals surface area contributed by atoms with Crippen LogP contribution in [0.25, 0.3) is 0 Å². The zero-order chi connectivity index (χ0) is 12.1. The summed E-state index contributed by atoms with van der Waals surface area (Å²) in [7, 11) is 0. The van der Waals surface area contributed by atoms with E-state index < -0.39 is 0 Å². The molecule has 1 heterocycles. The fourth-order valence-electron chi connectivity index (χ4n) is 2.57. The van der Waals surface area contributed by atoms with Gasteiger partial charge in [-0.1, -0.05) is 27.2 Å². The highest BCUT2D eigenvalue weighted by atomic mass is 35.5. The summed E-state index contributed by atoms with van der Waals surface area (Å²) in [4.78, 5) is 14.2. The van der Waals surface area contributed by atoms with Crippen molar-refractivity contribution >= 4 is 18.3 Å². The van der Waals surface area contributed by atoms with Crippen LogP contribution in [0.1, 0.15) is 52.9 Å². The van der Waals surface area contributed by atoms with E-state index in [1.807, 2.05) is 4.90 Å². The molecular weight excluding hydrogens is 236 g/mol. The lowest BCUT2D eigenvalue weighted by Gasteiger charge is -2.39. The van der Waals surface area contributed by atoms with E-state index in [-0.39, 0.29) is 24.4 Å². The molecule has 0 bridgehead atoms. The maximum Gasteiger partial charge on any atom is 0.239 e. The third kappa shape index (κ3) is 4.47. The van der Waals surface area contributed by atoms with Gasteiger partial charge in [-0.15, -0.1) is 12.4 Å². The van der Waals surface area contributed by atoms with Crippen molar-refractivity contribution < 1.29 is 4.79 Å². The van der Waals surface area contributed by atoms with E-state index in [2.05, 4.69) is 20.8 Å². The number of nitrogens with two attached hydrogens (primary N) is 1. The van der Waals surface area contributed by atoms with E-state index in [9.17, 15) is 4.79 Å². The molecule has 0 aliphatic carbocycles. The quantitative estimate of drug-likeness (QED) is 0.847. The van der Waals surface area contributed by atoms with E-state index in [1.54, 1.807) is 0 Å². The fourth-order valence-corrected chi connectivity index (χ4v) is 2.57. The van der Waals surface area contributed by atoms with Crippen molar-refractivity contribution in [3.63, 3.8) is 0 Å². The van der Waals surface area contributed by atoms with Gasteiger partial charge >= 0.3 is 0 Å². The van der Waals surface area contributed by atoms with Gasteiger partial charge in [0.1, 0.15) is 0 Å². The van der Waals surface area contributed by atoms with Crippen LogP contribution in [-0.4, -0.2) is 29.4 Å². The van der Waals surface area contributed by atoms with E-state index in [4.69, 9.17) is 5.73 Å². The summed E-state index contributed by atoms with van der Waals surface area (Å²) in [6.45, 7) is 7.37. The molecular formula is C13H27ClN2O. The minimum Gasteiger partial charge on any atom is -0.338 e. The summed E-state index contributed by atoms with van der Waals surface area (Å²) in [5.74, 6) is 0.707. The Kier molecular flexibility index (Phi) is 7.80. The maximum absolute atomic E-state index is 12.2. The molecule has 0 radical (unpaired) electrons. The predicted molar refractivity (Wildman–Crippen MR) is 74.3 cm³/mol. The van der Waals surface area contributed by atoms with Crippen molar-refractivity contribution in [3.8, 4) is 0 Å². The molecule has 0 aromatic carbocycles. The van der Waals surface area contributed by atoms with Crippen molar-refractivity contribution in [1.82, 2.24) is 4.90 Å². The Labute approximate surface area is 112 Å². The zero-order valence-electron chi connectivity index (χ0n) is 11.3. The van der Waals surface area contributed by atoms with Gasteiger partial charge in [0.05, 0.1) is 6.04 Å². The second kappa shape index (κ2) is 7.93. The first-order valence-electron chi connectivity index (χ1n) is 6.64.